The highest BCUT2D eigenvalue weighted by Crippen LogP contribution is 2.38. The predicted octanol–water partition coefficient (Wildman–Crippen LogP) is 9.16. The van der Waals surface area contributed by atoms with Gasteiger partial charge in [-0.3, -0.25) is 9.36 Å². The van der Waals surface area contributed by atoms with Gasteiger partial charge in [0, 0.05) is 6.42 Å². The van der Waals surface area contributed by atoms with Crippen molar-refractivity contribution < 1.29 is 32.9 Å². The molecule has 0 saturated carbocycles. The van der Waals surface area contributed by atoms with Crippen LogP contribution in [0.2, 0.25) is 0 Å². The monoisotopic (exact) mass is 687 g/mol. The van der Waals surface area contributed by atoms with E-state index < -0.39 is 20.0 Å². The van der Waals surface area contributed by atoms with Gasteiger partial charge in [-0.2, -0.15) is 0 Å². The highest BCUT2D eigenvalue weighted by molar-refractivity contribution is 7.45. The standard InChI is InChI=1S/C38H75N2O6P/c1-6-8-10-12-14-16-18-19-20-21-22-24-26-28-30-32-38(42)39-36(35-46-47(43,44)45-34-33-40(3,4)5)37(41)31-29-27-25-23-17-15-13-11-9-7-2/h17,23,29,31,36-37,41H,6-16,18-22,24-28,30,32-35H2,1-5H3,(H-,39,42,43,44)/b23-17+,31-29+/t36-,37+/m0/s1. The first kappa shape index (κ1) is 46.0. The summed E-state index contributed by atoms with van der Waals surface area (Å²) in [7, 11) is 1.24. The van der Waals surface area contributed by atoms with Gasteiger partial charge in [0.05, 0.1) is 39.9 Å². The van der Waals surface area contributed by atoms with Crippen LogP contribution in [0, 0.1) is 0 Å². The molecule has 0 aliphatic heterocycles. The largest absolute Gasteiger partial charge is 0.756 e. The fourth-order valence-electron chi connectivity index (χ4n) is 5.28. The van der Waals surface area contributed by atoms with Crippen molar-refractivity contribution in [3.05, 3.63) is 24.3 Å². The van der Waals surface area contributed by atoms with Crippen molar-refractivity contribution in [2.45, 2.75) is 174 Å². The molecule has 0 bridgehead atoms. The third-order valence-corrected chi connectivity index (χ3v) is 9.38. The minimum absolute atomic E-state index is 0.00489. The van der Waals surface area contributed by atoms with E-state index in [2.05, 4.69) is 31.3 Å². The van der Waals surface area contributed by atoms with Crippen LogP contribution in [-0.2, 0) is 18.4 Å². The quantitative estimate of drug-likeness (QED) is 0.0303. The zero-order valence-electron chi connectivity index (χ0n) is 31.2. The van der Waals surface area contributed by atoms with Crippen LogP contribution < -0.4 is 10.2 Å². The smallest absolute Gasteiger partial charge is 0.268 e. The van der Waals surface area contributed by atoms with Crippen molar-refractivity contribution in [1.82, 2.24) is 5.32 Å². The lowest BCUT2D eigenvalue weighted by molar-refractivity contribution is -0.870. The van der Waals surface area contributed by atoms with Gasteiger partial charge in [-0.05, 0) is 32.1 Å². The highest BCUT2D eigenvalue weighted by Gasteiger charge is 2.23. The summed E-state index contributed by atoms with van der Waals surface area (Å²) in [5, 5.41) is 13.6. The number of allylic oxidation sites excluding steroid dienone is 3. The lowest BCUT2D eigenvalue weighted by atomic mass is 10.0. The molecule has 0 aromatic carbocycles. The van der Waals surface area contributed by atoms with Gasteiger partial charge >= 0.3 is 0 Å². The summed E-state index contributed by atoms with van der Waals surface area (Å²) < 4.78 is 23.0. The lowest BCUT2D eigenvalue weighted by Gasteiger charge is -2.29. The molecule has 0 saturated heterocycles. The van der Waals surface area contributed by atoms with Crippen molar-refractivity contribution in [2.75, 3.05) is 40.9 Å². The normalized spacial score (nSPS) is 15.0. The van der Waals surface area contributed by atoms with Crippen molar-refractivity contribution in [1.29, 1.82) is 0 Å². The Morgan fingerprint density at radius 1 is 0.723 bits per heavy atom. The van der Waals surface area contributed by atoms with Crippen LogP contribution in [0.1, 0.15) is 162 Å². The number of rotatable bonds is 34. The van der Waals surface area contributed by atoms with Crippen LogP contribution in [0.15, 0.2) is 24.3 Å². The van der Waals surface area contributed by atoms with Crippen LogP contribution >= 0.6 is 7.82 Å². The number of amides is 1. The van der Waals surface area contributed by atoms with E-state index in [1.165, 1.54) is 103 Å². The maximum absolute atomic E-state index is 12.7. The van der Waals surface area contributed by atoms with E-state index in [0.717, 1.165) is 38.5 Å². The van der Waals surface area contributed by atoms with Gasteiger partial charge in [0.25, 0.3) is 7.82 Å². The number of carbonyl (C=O) groups excluding carboxylic acids is 1. The van der Waals surface area contributed by atoms with Gasteiger partial charge in [-0.1, -0.05) is 147 Å². The molecule has 1 amide bonds. The minimum atomic E-state index is -4.58. The number of aliphatic hydroxyl groups is 1. The second kappa shape index (κ2) is 31.0. The summed E-state index contributed by atoms with van der Waals surface area (Å²) in [4.78, 5) is 25.1. The van der Waals surface area contributed by atoms with E-state index in [0.29, 0.717) is 17.4 Å². The van der Waals surface area contributed by atoms with E-state index in [1.807, 2.05) is 27.2 Å². The molecule has 0 heterocycles. The molecule has 278 valence electrons. The summed E-state index contributed by atoms with van der Waals surface area (Å²) in [6.45, 7) is 4.57. The Morgan fingerprint density at radius 3 is 1.72 bits per heavy atom. The number of hydrogen-bond donors (Lipinski definition) is 2. The molecule has 2 N–H and O–H groups in total. The number of nitrogens with zero attached hydrogens (tertiary/aromatic N) is 1. The molecule has 0 aliphatic carbocycles. The first-order valence-corrected chi connectivity index (χ1v) is 20.7. The Bertz CT molecular complexity index is 829. The molecule has 3 atom stereocenters. The summed E-state index contributed by atoms with van der Waals surface area (Å²) >= 11 is 0. The topological polar surface area (TPSA) is 108 Å². The average Bonchev–Trinajstić information content (AvgIpc) is 3.01. The molecule has 0 aromatic rings. The second-order valence-electron chi connectivity index (χ2n) is 14.3. The molecule has 47 heavy (non-hydrogen) atoms. The molecule has 0 spiro atoms. The van der Waals surface area contributed by atoms with Crippen molar-refractivity contribution in [3.8, 4) is 0 Å². The van der Waals surface area contributed by atoms with Crippen LogP contribution in [0.3, 0.4) is 0 Å². The van der Waals surface area contributed by atoms with Crippen LogP contribution in [-0.4, -0.2) is 68.5 Å². The van der Waals surface area contributed by atoms with E-state index in [-0.39, 0.29) is 19.1 Å². The van der Waals surface area contributed by atoms with Gasteiger partial charge in [0.1, 0.15) is 13.2 Å². The van der Waals surface area contributed by atoms with Crippen molar-refractivity contribution in [3.63, 3.8) is 0 Å². The first-order chi connectivity index (χ1) is 22.5. The molecule has 0 aromatic heterocycles. The van der Waals surface area contributed by atoms with E-state index >= 15 is 0 Å². The molecule has 0 aliphatic rings. The molecule has 8 nitrogen and oxygen atoms in total. The van der Waals surface area contributed by atoms with Crippen LogP contribution in [0.5, 0.6) is 0 Å². The summed E-state index contributed by atoms with van der Waals surface area (Å²) in [5.74, 6) is -0.210. The molecule has 1 unspecified atom stereocenters. The molecule has 0 fully saturated rings. The summed E-state index contributed by atoms with van der Waals surface area (Å²) in [6, 6.07) is -0.895. The fourth-order valence-corrected chi connectivity index (χ4v) is 6.01. The van der Waals surface area contributed by atoms with E-state index in [4.69, 9.17) is 9.05 Å². The summed E-state index contributed by atoms with van der Waals surface area (Å²) in [6.07, 6.45) is 33.7. The maximum atomic E-state index is 12.7. The van der Waals surface area contributed by atoms with Crippen LogP contribution in [0.4, 0.5) is 0 Å². The summed E-state index contributed by atoms with van der Waals surface area (Å²) in [5.41, 5.74) is 0. The van der Waals surface area contributed by atoms with E-state index in [9.17, 15) is 19.4 Å². The second-order valence-corrected chi connectivity index (χ2v) is 15.7. The Morgan fingerprint density at radius 2 is 1.19 bits per heavy atom. The number of nitrogens with one attached hydrogen (secondary N) is 1. The number of phosphoric acid groups is 1. The Kier molecular flexibility index (Phi) is 30.3. The highest BCUT2D eigenvalue weighted by atomic mass is 31.2. The minimum Gasteiger partial charge on any atom is -0.756 e. The lowest BCUT2D eigenvalue weighted by Crippen LogP contribution is -2.45. The zero-order valence-corrected chi connectivity index (χ0v) is 32.1. The third-order valence-electron chi connectivity index (χ3n) is 8.41. The number of unbranched alkanes of at least 4 members (excludes halogenated alkanes) is 19. The van der Waals surface area contributed by atoms with Gasteiger partial charge in [0.15, 0.2) is 0 Å². The van der Waals surface area contributed by atoms with Gasteiger partial charge in [-0.25, -0.2) is 0 Å². The fraction of sp³-hybridized carbons (Fsp3) is 0.868. The Labute approximate surface area is 290 Å². The van der Waals surface area contributed by atoms with Gasteiger partial charge < -0.3 is 28.8 Å². The zero-order chi connectivity index (χ0) is 35.1. The first-order valence-electron chi connectivity index (χ1n) is 19.2. The number of hydrogen-bond acceptors (Lipinski definition) is 6. The van der Waals surface area contributed by atoms with Crippen LogP contribution in [0.25, 0.3) is 0 Å². The molecule has 9 heteroatoms. The van der Waals surface area contributed by atoms with Crippen molar-refractivity contribution >= 4 is 13.7 Å². The van der Waals surface area contributed by atoms with Gasteiger partial charge in [-0.15, -0.1) is 0 Å². The number of carbonyl (C=O) groups is 1. The van der Waals surface area contributed by atoms with E-state index in [1.54, 1.807) is 6.08 Å². The average molecular weight is 687 g/mol. The number of quaternary nitrogens is 1. The Hall–Kier alpha value is -1.02. The molecular formula is C38H75N2O6P. The van der Waals surface area contributed by atoms with Crippen molar-refractivity contribution in [2.24, 2.45) is 0 Å². The maximum Gasteiger partial charge on any atom is 0.268 e. The number of aliphatic hydroxyl groups excluding tert-OH is 1. The number of phosphoric ester groups is 1. The molecule has 0 radical (unpaired) electrons. The molecule has 0 rings (SSSR count). The molecular weight excluding hydrogens is 611 g/mol. The number of likely N-dealkylation sites (N-methyl/N-ethyl adjacent to an activating group) is 1. The third kappa shape index (κ3) is 33.3. The SMILES string of the molecule is CCCCCC/C=C/CC/C=C/[C@@H](O)[C@H](COP(=O)([O-])OCC[N+](C)(C)C)NC(=O)CCCCCCCCCCCCCCCCC. The predicted molar refractivity (Wildman–Crippen MR) is 196 cm³/mol. The Balaban J connectivity index is 4.50. The van der Waals surface area contributed by atoms with Gasteiger partial charge in [0.2, 0.25) is 5.91 Å².